The van der Waals surface area contributed by atoms with Gasteiger partial charge in [-0.05, 0) is 36.4 Å². The molecule has 2 aromatic rings. The van der Waals surface area contributed by atoms with Crippen LogP contribution in [0.2, 0.25) is 0 Å². The number of ether oxygens (including phenoxy) is 1. The van der Waals surface area contributed by atoms with Crippen molar-refractivity contribution in [3.63, 3.8) is 0 Å². The predicted molar refractivity (Wildman–Crippen MR) is 90.8 cm³/mol. The van der Waals surface area contributed by atoms with Crippen molar-refractivity contribution in [1.82, 2.24) is 0 Å². The minimum absolute atomic E-state index is 0.104. The molecular formula is C18H15NO6. The first-order valence-electron chi connectivity index (χ1n) is 7.27. The third-order valence-electron chi connectivity index (χ3n) is 3.45. The first-order valence-corrected chi connectivity index (χ1v) is 7.27. The van der Waals surface area contributed by atoms with E-state index in [0.29, 0.717) is 16.9 Å². The van der Waals surface area contributed by atoms with Crippen LogP contribution in [-0.2, 0) is 11.2 Å². The molecule has 2 aromatic carbocycles. The van der Waals surface area contributed by atoms with Gasteiger partial charge in [0.15, 0.2) is 5.78 Å². The molecule has 0 aromatic heterocycles. The molecule has 0 fully saturated rings. The second-order valence-corrected chi connectivity index (χ2v) is 5.11. The van der Waals surface area contributed by atoms with Crippen molar-refractivity contribution in [3.05, 3.63) is 75.3 Å². The standard InChI is InChI=1S/C18H15NO6/c1-25-17-9-7-13(10-14(17)11-18(21)22)16(20)8-6-12-4-2-3-5-15(12)19(23)24/h2-10H,11H2,1H3,(H,21,22)/b8-6+. The highest BCUT2D eigenvalue weighted by Gasteiger charge is 2.13. The van der Waals surface area contributed by atoms with Gasteiger partial charge in [0.2, 0.25) is 0 Å². The molecule has 0 unspecified atom stereocenters. The lowest BCUT2D eigenvalue weighted by atomic mass is 10.0. The number of allylic oxidation sites excluding steroid dienone is 1. The van der Waals surface area contributed by atoms with Crippen LogP contribution in [0.5, 0.6) is 5.75 Å². The van der Waals surface area contributed by atoms with Crippen LogP contribution in [0.1, 0.15) is 21.5 Å². The van der Waals surface area contributed by atoms with Crippen molar-refractivity contribution >= 4 is 23.5 Å². The third kappa shape index (κ3) is 4.51. The molecule has 0 aliphatic carbocycles. The summed E-state index contributed by atoms with van der Waals surface area (Å²) in [6.07, 6.45) is 2.30. The first-order chi connectivity index (χ1) is 11.9. The van der Waals surface area contributed by atoms with Crippen LogP contribution in [0.4, 0.5) is 5.69 Å². The highest BCUT2D eigenvalue weighted by molar-refractivity contribution is 6.07. The molecule has 0 amide bonds. The summed E-state index contributed by atoms with van der Waals surface area (Å²) in [5.74, 6) is -1.06. The fraction of sp³-hybridized carbons (Fsp3) is 0.111. The molecule has 0 saturated heterocycles. The Hall–Kier alpha value is -3.48. The lowest BCUT2D eigenvalue weighted by Crippen LogP contribution is -2.04. The van der Waals surface area contributed by atoms with Gasteiger partial charge >= 0.3 is 5.97 Å². The van der Waals surface area contributed by atoms with Gasteiger partial charge in [0.25, 0.3) is 5.69 Å². The van der Waals surface area contributed by atoms with E-state index in [9.17, 15) is 19.7 Å². The fourth-order valence-electron chi connectivity index (χ4n) is 2.29. The maximum absolute atomic E-state index is 12.3. The number of benzene rings is 2. The molecule has 0 aliphatic heterocycles. The largest absolute Gasteiger partial charge is 0.496 e. The second-order valence-electron chi connectivity index (χ2n) is 5.11. The molecule has 1 N–H and O–H groups in total. The van der Waals surface area contributed by atoms with Gasteiger partial charge < -0.3 is 9.84 Å². The Labute approximate surface area is 143 Å². The van der Waals surface area contributed by atoms with Crippen molar-refractivity contribution in [2.75, 3.05) is 7.11 Å². The number of nitrogens with zero attached hydrogens (tertiary/aromatic N) is 1. The number of nitro groups is 1. The number of carboxylic acid groups (broad SMARTS) is 1. The summed E-state index contributed by atoms with van der Waals surface area (Å²) in [5, 5.41) is 19.9. The quantitative estimate of drug-likeness (QED) is 0.359. The summed E-state index contributed by atoms with van der Waals surface area (Å²) in [6, 6.07) is 10.5. The number of ketones is 1. The maximum Gasteiger partial charge on any atom is 0.307 e. The Morgan fingerprint density at radius 2 is 1.96 bits per heavy atom. The highest BCUT2D eigenvalue weighted by atomic mass is 16.6. The van der Waals surface area contributed by atoms with Gasteiger partial charge in [0.1, 0.15) is 5.75 Å². The monoisotopic (exact) mass is 341 g/mol. The molecule has 7 heteroatoms. The Balaban J connectivity index is 2.29. The molecule has 0 spiro atoms. The SMILES string of the molecule is COc1ccc(C(=O)/C=C/c2ccccc2[N+](=O)[O-])cc1CC(=O)O. The van der Waals surface area contributed by atoms with Crippen LogP contribution in [0.25, 0.3) is 6.08 Å². The van der Waals surface area contributed by atoms with Crippen molar-refractivity contribution in [3.8, 4) is 5.75 Å². The van der Waals surface area contributed by atoms with E-state index in [1.807, 2.05) is 0 Å². The molecule has 0 saturated carbocycles. The summed E-state index contributed by atoms with van der Waals surface area (Å²) in [7, 11) is 1.41. The zero-order chi connectivity index (χ0) is 18.4. The molecule has 128 valence electrons. The number of hydrogen-bond donors (Lipinski definition) is 1. The van der Waals surface area contributed by atoms with Gasteiger partial charge in [-0.15, -0.1) is 0 Å². The molecule has 7 nitrogen and oxygen atoms in total. The number of para-hydroxylation sites is 1. The molecule has 0 aliphatic rings. The van der Waals surface area contributed by atoms with E-state index in [-0.39, 0.29) is 17.7 Å². The van der Waals surface area contributed by atoms with Gasteiger partial charge in [-0.3, -0.25) is 19.7 Å². The Morgan fingerprint density at radius 3 is 2.60 bits per heavy atom. The number of carboxylic acids is 1. The molecule has 0 heterocycles. The smallest absolute Gasteiger partial charge is 0.307 e. The number of methoxy groups -OCH3 is 1. The minimum atomic E-state index is -1.04. The molecule has 0 radical (unpaired) electrons. The molecule has 2 rings (SSSR count). The normalized spacial score (nSPS) is 10.6. The van der Waals surface area contributed by atoms with Crippen LogP contribution < -0.4 is 4.74 Å². The third-order valence-corrected chi connectivity index (χ3v) is 3.45. The fourth-order valence-corrected chi connectivity index (χ4v) is 2.29. The number of rotatable bonds is 7. The lowest BCUT2D eigenvalue weighted by molar-refractivity contribution is -0.385. The second kappa shape index (κ2) is 7.87. The van der Waals surface area contributed by atoms with E-state index in [1.165, 1.54) is 49.6 Å². The number of aliphatic carboxylic acids is 1. The molecule has 25 heavy (non-hydrogen) atoms. The van der Waals surface area contributed by atoms with E-state index in [1.54, 1.807) is 12.1 Å². The lowest BCUT2D eigenvalue weighted by Gasteiger charge is -2.08. The number of nitro benzene ring substituents is 1. The van der Waals surface area contributed by atoms with Gasteiger partial charge in [-0.1, -0.05) is 12.1 Å². The average molecular weight is 341 g/mol. The number of hydrogen-bond acceptors (Lipinski definition) is 5. The van der Waals surface area contributed by atoms with Crippen molar-refractivity contribution in [2.24, 2.45) is 0 Å². The summed E-state index contributed by atoms with van der Waals surface area (Å²) in [4.78, 5) is 33.6. The predicted octanol–water partition coefficient (Wildman–Crippen LogP) is 3.13. The van der Waals surface area contributed by atoms with E-state index < -0.39 is 16.7 Å². The van der Waals surface area contributed by atoms with E-state index in [4.69, 9.17) is 9.84 Å². The van der Waals surface area contributed by atoms with Gasteiger partial charge in [0, 0.05) is 17.2 Å². The number of carbonyl (C=O) groups excluding carboxylic acids is 1. The van der Waals surface area contributed by atoms with Gasteiger partial charge in [-0.2, -0.15) is 0 Å². The van der Waals surface area contributed by atoms with Gasteiger partial charge in [-0.25, -0.2) is 0 Å². The Bertz CT molecular complexity index is 856. The van der Waals surface area contributed by atoms with Crippen LogP contribution in [0, 0.1) is 10.1 Å². The van der Waals surface area contributed by atoms with E-state index in [0.717, 1.165) is 0 Å². The van der Waals surface area contributed by atoms with Crippen LogP contribution in [0.3, 0.4) is 0 Å². The van der Waals surface area contributed by atoms with Crippen LogP contribution in [0.15, 0.2) is 48.5 Å². The topological polar surface area (TPSA) is 107 Å². The van der Waals surface area contributed by atoms with Crippen LogP contribution >= 0.6 is 0 Å². The molecular weight excluding hydrogens is 326 g/mol. The summed E-state index contributed by atoms with van der Waals surface area (Å²) >= 11 is 0. The average Bonchev–Trinajstić information content (AvgIpc) is 2.59. The van der Waals surface area contributed by atoms with Gasteiger partial charge in [0.05, 0.1) is 24.0 Å². The zero-order valence-electron chi connectivity index (χ0n) is 13.3. The highest BCUT2D eigenvalue weighted by Crippen LogP contribution is 2.22. The van der Waals surface area contributed by atoms with E-state index >= 15 is 0 Å². The Morgan fingerprint density at radius 1 is 1.24 bits per heavy atom. The van der Waals surface area contributed by atoms with Crippen molar-refractivity contribution in [1.29, 1.82) is 0 Å². The van der Waals surface area contributed by atoms with E-state index in [2.05, 4.69) is 0 Å². The zero-order valence-corrected chi connectivity index (χ0v) is 13.3. The molecule has 0 atom stereocenters. The summed E-state index contributed by atoms with van der Waals surface area (Å²) in [6.45, 7) is 0. The summed E-state index contributed by atoms with van der Waals surface area (Å²) < 4.78 is 5.08. The first kappa shape index (κ1) is 17.9. The van der Waals surface area contributed by atoms with Crippen molar-refractivity contribution < 1.29 is 24.4 Å². The molecule has 0 bridgehead atoms. The van der Waals surface area contributed by atoms with Crippen LogP contribution in [-0.4, -0.2) is 28.9 Å². The number of carbonyl (C=O) groups is 2. The maximum atomic E-state index is 12.3. The minimum Gasteiger partial charge on any atom is -0.496 e. The summed E-state index contributed by atoms with van der Waals surface area (Å²) in [5.41, 5.74) is 0.847. The Kier molecular flexibility index (Phi) is 5.62. The van der Waals surface area contributed by atoms with Crippen molar-refractivity contribution in [2.45, 2.75) is 6.42 Å².